The van der Waals surface area contributed by atoms with Crippen LogP contribution in [0.2, 0.25) is 0 Å². The molecule has 5 nitrogen and oxygen atoms in total. The standard InChI is InChI=1S/C15H25N3O2S/c1-3-17-14-8-9-16-11-15(14)21(19,20)18-10-13-7-5-4-6-12(13)2/h8-9,11-13,18H,3-7,10H2,1-2H3,(H,16,17). The molecule has 21 heavy (non-hydrogen) atoms. The van der Waals surface area contributed by atoms with Gasteiger partial charge in [-0.2, -0.15) is 0 Å². The molecule has 2 rings (SSSR count). The maximum Gasteiger partial charge on any atom is 0.244 e. The molecule has 0 aliphatic heterocycles. The molecule has 0 saturated heterocycles. The summed E-state index contributed by atoms with van der Waals surface area (Å²) in [5.41, 5.74) is 0.608. The second-order valence-electron chi connectivity index (χ2n) is 5.78. The Balaban J connectivity index is 2.08. The molecule has 0 aromatic carbocycles. The molecule has 1 heterocycles. The molecule has 1 aliphatic carbocycles. The van der Waals surface area contributed by atoms with Crippen molar-refractivity contribution in [1.29, 1.82) is 0 Å². The average Bonchev–Trinajstić information content (AvgIpc) is 2.47. The Bertz CT molecular complexity index is 560. The minimum absolute atomic E-state index is 0.232. The van der Waals surface area contributed by atoms with Crippen LogP contribution in [0.1, 0.15) is 39.5 Å². The predicted molar refractivity (Wildman–Crippen MR) is 84.7 cm³/mol. The lowest BCUT2D eigenvalue weighted by molar-refractivity contribution is 0.257. The second-order valence-corrected chi connectivity index (χ2v) is 7.51. The zero-order valence-electron chi connectivity index (χ0n) is 12.8. The van der Waals surface area contributed by atoms with Crippen molar-refractivity contribution in [2.45, 2.75) is 44.4 Å². The largest absolute Gasteiger partial charge is 0.384 e. The van der Waals surface area contributed by atoms with E-state index in [1.54, 1.807) is 12.3 Å². The minimum atomic E-state index is -3.51. The third kappa shape index (κ3) is 4.17. The van der Waals surface area contributed by atoms with Crippen LogP contribution < -0.4 is 10.0 Å². The minimum Gasteiger partial charge on any atom is -0.384 e. The van der Waals surface area contributed by atoms with E-state index in [1.807, 2.05) is 6.92 Å². The fraction of sp³-hybridized carbons (Fsp3) is 0.667. The average molecular weight is 311 g/mol. The van der Waals surface area contributed by atoms with E-state index in [2.05, 4.69) is 21.9 Å². The van der Waals surface area contributed by atoms with Gasteiger partial charge >= 0.3 is 0 Å². The molecule has 1 aliphatic rings. The topological polar surface area (TPSA) is 71.1 Å². The maximum absolute atomic E-state index is 12.5. The Morgan fingerprint density at radius 3 is 2.81 bits per heavy atom. The molecule has 0 spiro atoms. The van der Waals surface area contributed by atoms with Gasteiger partial charge in [-0.15, -0.1) is 0 Å². The van der Waals surface area contributed by atoms with Gasteiger partial charge in [0, 0.05) is 25.5 Å². The maximum atomic E-state index is 12.5. The summed E-state index contributed by atoms with van der Waals surface area (Å²) in [7, 11) is -3.51. The number of rotatable bonds is 6. The van der Waals surface area contributed by atoms with Gasteiger partial charge in [-0.1, -0.05) is 26.2 Å². The highest BCUT2D eigenvalue weighted by atomic mass is 32.2. The second kappa shape index (κ2) is 7.22. The highest BCUT2D eigenvalue weighted by Gasteiger charge is 2.25. The first-order chi connectivity index (χ1) is 10.0. The van der Waals surface area contributed by atoms with Gasteiger partial charge in [0.1, 0.15) is 4.90 Å². The van der Waals surface area contributed by atoms with E-state index in [1.165, 1.54) is 25.5 Å². The molecule has 1 aromatic heterocycles. The van der Waals surface area contributed by atoms with Crippen LogP contribution in [0.5, 0.6) is 0 Å². The van der Waals surface area contributed by atoms with Crippen molar-refractivity contribution in [3.05, 3.63) is 18.5 Å². The van der Waals surface area contributed by atoms with E-state index in [0.717, 1.165) is 6.42 Å². The van der Waals surface area contributed by atoms with Crippen LogP contribution in [0.25, 0.3) is 0 Å². The molecule has 2 N–H and O–H groups in total. The summed E-state index contributed by atoms with van der Waals surface area (Å²) in [6.07, 6.45) is 7.77. The number of sulfonamides is 1. The van der Waals surface area contributed by atoms with Crippen LogP contribution in [0, 0.1) is 11.8 Å². The third-order valence-corrected chi connectivity index (χ3v) is 5.72. The van der Waals surface area contributed by atoms with Gasteiger partial charge in [0.15, 0.2) is 0 Å². The van der Waals surface area contributed by atoms with Gasteiger partial charge < -0.3 is 5.32 Å². The number of nitrogens with one attached hydrogen (secondary N) is 2. The van der Waals surface area contributed by atoms with Crippen molar-refractivity contribution in [2.75, 3.05) is 18.4 Å². The lowest BCUT2D eigenvalue weighted by Gasteiger charge is -2.28. The van der Waals surface area contributed by atoms with Crippen molar-refractivity contribution in [1.82, 2.24) is 9.71 Å². The number of aromatic nitrogens is 1. The molecule has 118 valence electrons. The summed E-state index contributed by atoms with van der Waals surface area (Å²) in [6.45, 7) is 5.34. The van der Waals surface area contributed by atoms with E-state index in [4.69, 9.17) is 0 Å². The monoisotopic (exact) mass is 311 g/mol. The van der Waals surface area contributed by atoms with Crippen molar-refractivity contribution in [2.24, 2.45) is 11.8 Å². The molecule has 2 unspecified atom stereocenters. The lowest BCUT2D eigenvalue weighted by atomic mass is 9.81. The van der Waals surface area contributed by atoms with Crippen molar-refractivity contribution >= 4 is 15.7 Å². The summed E-state index contributed by atoms with van der Waals surface area (Å²) >= 11 is 0. The van der Waals surface area contributed by atoms with Crippen LogP contribution in [0.4, 0.5) is 5.69 Å². The molecular formula is C15H25N3O2S. The van der Waals surface area contributed by atoms with Crippen LogP contribution in [-0.4, -0.2) is 26.5 Å². The highest BCUT2D eigenvalue weighted by Crippen LogP contribution is 2.29. The van der Waals surface area contributed by atoms with E-state index >= 15 is 0 Å². The quantitative estimate of drug-likeness (QED) is 0.847. The summed E-state index contributed by atoms with van der Waals surface area (Å²) in [6, 6.07) is 1.70. The van der Waals surface area contributed by atoms with Crippen molar-refractivity contribution in [3.63, 3.8) is 0 Å². The molecule has 2 atom stereocenters. The van der Waals surface area contributed by atoms with E-state index < -0.39 is 10.0 Å². The molecule has 0 amide bonds. The van der Waals surface area contributed by atoms with Crippen LogP contribution in [0.3, 0.4) is 0 Å². The molecule has 1 saturated carbocycles. The van der Waals surface area contributed by atoms with Crippen LogP contribution in [0.15, 0.2) is 23.4 Å². The van der Waals surface area contributed by atoms with Gasteiger partial charge in [0.25, 0.3) is 0 Å². The fourth-order valence-corrected chi connectivity index (χ4v) is 4.14. The van der Waals surface area contributed by atoms with Gasteiger partial charge in [-0.25, -0.2) is 13.1 Å². The van der Waals surface area contributed by atoms with Gasteiger partial charge in [-0.05, 0) is 31.2 Å². The van der Waals surface area contributed by atoms with Gasteiger partial charge in [-0.3, -0.25) is 4.98 Å². The Labute approximate surface area is 127 Å². The fourth-order valence-electron chi connectivity index (χ4n) is 2.92. The number of pyridine rings is 1. The zero-order chi connectivity index (χ0) is 15.3. The summed E-state index contributed by atoms with van der Waals surface area (Å²) in [4.78, 5) is 4.18. The van der Waals surface area contributed by atoms with E-state index in [-0.39, 0.29) is 4.90 Å². The Hall–Kier alpha value is -1.14. The normalized spacial score (nSPS) is 23.0. The first-order valence-electron chi connectivity index (χ1n) is 7.72. The number of hydrogen-bond donors (Lipinski definition) is 2. The number of anilines is 1. The van der Waals surface area contributed by atoms with Gasteiger partial charge in [0.2, 0.25) is 10.0 Å². The molecule has 0 bridgehead atoms. The van der Waals surface area contributed by atoms with Crippen LogP contribution >= 0.6 is 0 Å². The first-order valence-corrected chi connectivity index (χ1v) is 9.20. The SMILES string of the molecule is CCNc1ccncc1S(=O)(=O)NCC1CCCCC1C. The van der Waals surface area contributed by atoms with Crippen molar-refractivity contribution < 1.29 is 8.42 Å². The Morgan fingerprint density at radius 1 is 1.33 bits per heavy atom. The number of hydrogen-bond acceptors (Lipinski definition) is 4. The van der Waals surface area contributed by atoms with Crippen molar-refractivity contribution in [3.8, 4) is 0 Å². The summed E-state index contributed by atoms with van der Waals surface area (Å²) in [5.74, 6) is 1.02. The van der Waals surface area contributed by atoms with Gasteiger partial charge in [0.05, 0.1) is 5.69 Å². The summed E-state index contributed by atoms with van der Waals surface area (Å²) < 4.78 is 27.7. The van der Waals surface area contributed by atoms with E-state index in [9.17, 15) is 8.42 Å². The zero-order valence-corrected chi connectivity index (χ0v) is 13.6. The molecule has 1 fully saturated rings. The van der Waals surface area contributed by atoms with Crippen LogP contribution in [-0.2, 0) is 10.0 Å². The van der Waals surface area contributed by atoms with E-state index in [0.29, 0.717) is 30.6 Å². The third-order valence-electron chi connectivity index (χ3n) is 4.27. The Kier molecular flexibility index (Phi) is 5.58. The molecule has 6 heteroatoms. The summed E-state index contributed by atoms with van der Waals surface area (Å²) in [5, 5.41) is 3.07. The Morgan fingerprint density at radius 2 is 2.10 bits per heavy atom. The molecule has 0 radical (unpaired) electrons. The molecular weight excluding hydrogens is 286 g/mol. The smallest absolute Gasteiger partial charge is 0.244 e. The first kappa shape index (κ1) is 16.2. The lowest BCUT2D eigenvalue weighted by Crippen LogP contribution is -2.33. The predicted octanol–water partition coefficient (Wildman–Crippen LogP) is 2.62. The number of nitrogens with zero attached hydrogens (tertiary/aromatic N) is 1. The highest BCUT2D eigenvalue weighted by molar-refractivity contribution is 7.89. The molecule has 1 aromatic rings.